The molecule has 0 bridgehead atoms. The van der Waals surface area contributed by atoms with Crippen molar-refractivity contribution in [2.24, 2.45) is 5.73 Å². The van der Waals surface area contributed by atoms with Crippen LogP contribution in [-0.4, -0.2) is 40.6 Å². The van der Waals surface area contributed by atoms with Crippen LogP contribution in [0.2, 0.25) is 0 Å². The number of halogens is 1. The van der Waals surface area contributed by atoms with Crippen LogP contribution in [0.4, 0.5) is 5.69 Å². The number of benzene rings is 1. The van der Waals surface area contributed by atoms with E-state index in [1.54, 1.807) is 25.1 Å². The summed E-state index contributed by atoms with van der Waals surface area (Å²) in [6.45, 7) is 1.77. The van der Waals surface area contributed by atoms with E-state index in [1.165, 1.54) is 4.90 Å². The molecule has 0 aliphatic carbocycles. The van der Waals surface area contributed by atoms with Crippen LogP contribution in [0.15, 0.2) is 18.2 Å². The highest BCUT2D eigenvalue weighted by molar-refractivity contribution is 6.07. The van der Waals surface area contributed by atoms with Crippen LogP contribution >= 0.6 is 12.4 Å². The van der Waals surface area contributed by atoms with Gasteiger partial charge in [-0.25, -0.2) is 0 Å². The number of anilines is 1. The molecule has 2 atom stereocenters. The number of nitrogens with zero attached hydrogens (tertiary/aromatic N) is 1. The van der Waals surface area contributed by atoms with E-state index in [2.05, 4.69) is 10.6 Å². The average molecular weight is 367 g/mol. The zero-order chi connectivity index (χ0) is 17.4. The molecule has 0 spiro atoms. The molecular formula is C16H19ClN4O4. The van der Waals surface area contributed by atoms with E-state index in [-0.39, 0.29) is 43.1 Å². The van der Waals surface area contributed by atoms with Gasteiger partial charge in [-0.1, -0.05) is 6.07 Å². The first kappa shape index (κ1) is 18.9. The van der Waals surface area contributed by atoms with Crippen LogP contribution in [0, 0.1) is 0 Å². The molecule has 0 aromatic heterocycles. The monoisotopic (exact) mass is 366 g/mol. The zero-order valence-corrected chi connectivity index (χ0v) is 14.4. The van der Waals surface area contributed by atoms with Gasteiger partial charge in [0.15, 0.2) is 0 Å². The van der Waals surface area contributed by atoms with Gasteiger partial charge >= 0.3 is 0 Å². The number of nitrogens with one attached hydrogen (secondary N) is 2. The van der Waals surface area contributed by atoms with Crippen molar-refractivity contribution >= 4 is 41.7 Å². The molecule has 2 aliphatic heterocycles. The number of carbonyl (C=O) groups is 4. The fourth-order valence-electron chi connectivity index (χ4n) is 2.95. The van der Waals surface area contributed by atoms with E-state index >= 15 is 0 Å². The van der Waals surface area contributed by atoms with Gasteiger partial charge in [0.2, 0.25) is 17.7 Å². The summed E-state index contributed by atoms with van der Waals surface area (Å²) in [7, 11) is 0. The van der Waals surface area contributed by atoms with Gasteiger partial charge in [-0.2, -0.15) is 0 Å². The Morgan fingerprint density at radius 3 is 2.72 bits per heavy atom. The SMILES string of the molecule is C[C@H](N)C(=O)Nc1cccc2c1CN(C1CCC(=O)NC1=O)C2=O.Cl. The summed E-state index contributed by atoms with van der Waals surface area (Å²) in [6, 6.07) is 3.66. The summed E-state index contributed by atoms with van der Waals surface area (Å²) in [4.78, 5) is 49.2. The van der Waals surface area contributed by atoms with Gasteiger partial charge in [-0.05, 0) is 25.5 Å². The van der Waals surface area contributed by atoms with Crippen LogP contribution in [0.5, 0.6) is 0 Å². The third kappa shape index (κ3) is 3.49. The third-order valence-electron chi connectivity index (χ3n) is 4.25. The number of piperidine rings is 1. The molecule has 134 valence electrons. The summed E-state index contributed by atoms with van der Waals surface area (Å²) in [5.74, 6) is -1.43. The normalized spacial score (nSPS) is 20.5. The average Bonchev–Trinajstić information content (AvgIpc) is 2.85. The predicted octanol–water partition coefficient (Wildman–Crippen LogP) is 0.155. The lowest BCUT2D eigenvalue weighted by atomic mass is 10.0. The summed E-state index contributed by atoms with van der Waals surface area (Å²) < 4.78 is 0. The molecule has 2 heterocycles. The second-order valence-corrected chi connectivity index (χ2v) is 6.01. The van der Waals surface area contributed by atoms with E-state index in [0.29, 0.717) is 23.2 Å². The number of carbonyl (C=O) groups excluding carboxylic acids is 4. The number of hydrogen-bond acceptors (Lipinski definition) is 5. The molecule has 4 amide bonds. The van der Waals surface area contributed by atoms with Crippen LogP contribution in [0.25, 0.3) is 0 Å². The highest BCUT2D eigenvalue weighted by Crippen LogP contribution is 2.32. The number of fused-ring (bicyclic) bond motifs is 1. The van der Waals surface area contributed by atoms with E-state index in [4.69, 9.17) is 5.73 Å². The Morgan fingerprint density at radius 2 is 2.08 bits per heavy atom. The van der Waals surface area contributed by atoms with Crippen molar-refractivity contribution in [2.45, 2.75) is 38.4 Å². The lowest BCUT2D eigenvalue weighted by Crippen LogP contribution is -2.52. The molecule has 0 saturated carbocycles. The minimum Gasteiger partial charge on any atom is -0.324 e. The van der Waals surface area contributed by atoms with Crippen molar-refractivity contribution in [3.05, 3.63) is 29.3 Å². The minimum absolute atomic E-state index is 0. The number of amides is 4. The predicted molar refractivity (Wildman–Crippen MR) is 92.0 cm³/mol. The van der Waals surface area contributed by atoms with Gasteiger partial charge in [0.1, 0.15) is 6.04 Å². The highest BCUT2D eigenvalue weighted by Gasteiger charge is 2.39. The fraction of sp³-hybridized carbons (Fsp3) is 0.375. The molecule has 1 saturated heterocycles. The highest BCUT2D eigenvalue weighted by atomic mass is 35.5. The molecule has 1 aromatic carbocycles. The van der Waals surface area contributed by atoms with Gasteiger partial charge in [-0.3, -0.25) is 24.5 Å². The molecule has 1 aromatic rings. The Bertz CT molecular complexity index is 750. The number of rotatable bonds is 3. The third-order valence-corrected chi connectivity index (χ3v) is 4.25. The van der Waals surface area contributed by atoms with Crippen molar-refractivity contribution < 1.29 is 19.2 Å². The van der Waals surface area contributed by atoms with Crippen LogP contribution in [-0.2, 0) is 20.9 Å². The molecule has 1 unspecified atom stereocenters. The number of nitrogens with two attached hydrogens (primary N) is 1. The van der Waals surface area contributed by atoms with E-state index < -0.39 is 18.0 Å². The van der Waals surface area contributed by atoms with Crippen LogP contribution < -0.4 is 16.4 Å². The first-order chi connectivity index (χ1) is 11.4. The second-order valence-electron chi connectivity index (χ2n) is 6.01. The van der Waals surface area contributed by atoms with Crippen LogP contribution in [0.3, 0.4) is 0 Å². The Balaban J connectivity index is 0.00000225. The summed E-state index contributed by atoms with van der Waals surface area (Å²) in [6.07, 6.45) is 0.497. The molecule has 8 nitrogen and oxygen atoms in total. The first-order valence-corrected chi connectivity index (χ1v) is 7.71. The Kier molecular flexibility index (Phi) is 5.44. The van der Waals surface area contributed by atoms with Gasteiger partial charge in [0.05, 0.1) is 6.04 Å². The summed E-state index contributed by atoms with van der Waals surface area (Å²) in [5, 5.41) is 4.96. The fourth-order valence-corrected chi connectivity index (χ4v) is 2.95. The quantitative estimate of drug-likeness (QED) is 0.657. The lowest BCUT2D eigenvalue weighted by Gasteiger charge is -2.29. The molecule has 2 aliphatic rings. The topological polar surface area (TPSA) is 122 Å². The van der Waals surface area contributed by atoms with E-state index in [0.717, 1.165) is 0 Å². The van der Waals surface area contributed by atoms with E-state index in [9.17, 15) is 19.2 Å². The molecule has 1 fully saturated rings. The largest absolute Gasteiger partial charge is 0.324 e. The van der Waals surface area contributed by atoms with Gasteiger partial charge in [-0.15, -0.1) is 12.4 Å². The first-order valence-electron chi connectivity index (χ1n) is 7.71. The lowest BCUT2D eigenvalue weighted by molar-refractivity contribution is -0.137. The second kappa shape index (κ2) is 7.20. The van der Waals surface area contributed by atoms with Crippen molar-refractivity contribution in [2.75, 3.05) is 5.32 Å². The molecule has 3 rings (SSSR count). The summed E-state index contributed by atoms with van der Waals surface area (Å²) >= 11 is 0. The molecule has 9 heteroatoms. The van der Waals surface area contributed by atoms with Crippen molar-refractivity contribution in [1.82, 2.24) is 10.2 Å². The maximum atomic E-state index is 12.6. The Hall–Kier alpha value is -2.45. The molecule has 0 radical (unpaired) electrons. The minimum atomic E-state index is -0.681. The van der Waals surface area contributed by atoms with Crippen LogP contribution in [0.1, 0.15) is 35.7 Å². The van der Waals surface area contributed by atoms with Crippen molar-refractivity contribution in [1.29, 1.82) is 0 Å². The van der Waals surface area contributed by atoms with E-state index in [1.807, 2.05) is 0 Å². The Labute approximate surface area is 150 Å². The smallest absolute Gasteiger partial charge is 0.255 e. The molecule has 25 heavy (non-hydrogen) atoms. The maximum absolute atomic E-state index is 12.6. The number of hydrogen-bond donors (Lipinski definition) is 3. The molecule has 4 N–H and O–H groups in total. The Morgan fingerprint density at radius 1 is 1.36 bits per heavy atom. The van der Waals surface area contributed by atoms with Gasteiger partial charge in [0, 0.05) is 29.8 Å². The molecular weight excluding hydrogens is 348 g/mol. The van der Waals surface area contributed by atoms with Crippen molar-refractivity contribution in [3.63, 3.8) is 0 Å². The van der Waals surface area contributed by atoms with Crippen molar-refractivity contribution in [3.8, 4) is 0 Å². The summed E-state index contributed by atoms with van der Waals surface area (Å²) in [5.41, 5.74) is 7.17. The maximum Gasteiger partial charge on any atom is 0.255 e. The standard InChI is InChI=1S/C16H18N4O4.ClH/c1-8(17)14(22)18-11-4-2-3-9-10(11)7-20(16(9)24)12-5-6-13(21)19-15(12)23;/h2-4,8,12H,5-7,17H2,1H3,(H,18,22)(H,19,21,23);1H/t8-,12?;/m0./s1. The zero-order valence-electron chi connectivity index (χ0n) is 13.6. The van der Waals surface area contributed by atoms with Gasteiger partial charge < -0.3 is 16.0 Å². The number of imide groups is 1. The van der Waals surface area contributed by atoms with Gasteiger partial charge in [0.25, 0.3) is 5.91 Å².